The Balaban J connectivity index is 1.49. The minimum Gasteiger partial charge on any atom is -0.314 e. The number of hydrogen-bond donors (Lipinski definition) is 1. The maximum atomic E-state index is 3.62. The third kappa shape index (κ3) is 6.38. The maximum absolute atomic E-state index is 3.62. The fourth-order valence-electron chi connectivity index (χ4n) is 2.45. The van der Waals surface area contributed by atoms with Crippen LogP contribution in [0.5, 0.6) is 0 Å². The molecule has 3 heteroatoms. The molecule has 2 rings (SSSR count). The molecule has 0 radical (unpaired) electrons. The lowest BCUT2D eigenvalue weighted by atomic mass is 10.1. The maximum Gasteiger partial charge on any atom is 0.0241 e. The summed E-state index contributed by atoms with van der Waals surface area (Å²) in [4.78, 5) is 2.42. The molecule has 0 saturated heterocycles. The first-order valence-corrected chi connectivity index (χ1v) is 8.70. The Morgan fingerprint density at radius 3 is 2.65 bits per heavy atom. The number of nitrogens with zero attached hydrogens (tertiary/aromatic N) is 1. The van der Waals surface area contributed by atoms with Gasteiger partial charge in [-0.1, -0.05) is 47.0 Å². The molecule has 0 atom stereocenters. The molecular weight excluding hydrogens is 312 g/mol. The number of unbranched alkanes of at least 4 members (excludes halogenated alkanes) is 3. The molecule has 0 aromatic heterocycles. The van der Waals surface area contributed by atoms with Gasteiger partial charge in [-0.3, -0.25) is 0 Å². The van der Waals surface area contributed by atoms with Gasteiger partial charge < -0.3 is 10.2 Å². The van der Waals surface area contributed by atoms with Gasteiger partial charge in [0, 0.05) is 17.1 Å². The average molecular weight is 339 g/mol. The molecule has 112 valence electrons. The average Bonchev–Trinajstić information content (AvgIpc) is 3.24. The van der Waals surface area contributed by atoms with Gasteiger partial charge in [0.1, 0.15) is 0 Å². The lowest BCUT2D eigenvalue weighted by Gasteiger charge is -2.17. The minimum atomic E-state index is 0.866. The Morgan fingerprint density at radius 1 is 1.15 bits per heavy atom. The molecule has 2 nitrogen and oxygen atoms in total. The molecule has 0 heterocycles. The van der Waals surface area contributed by atoms with Crippen LogP contribution in [0, 0.1) is 0 Å². The normalized spacial score (nSPS) is 14.9. The van der Waals surface area contributed by atoms with E-state index < -0.39 is 0 Å². The predicted octanol–water partition coefficient (Wildman–Crippen LogP) is 4.19. The van der Waals surface area contributed by atoms with Crippen LogP contribution in [0.2, 0.25) is 0 Å². The van der Waals surface area contributed by atoms with Crippen LogP contribution in [0.15, 0.2) is 28.7 Å². The van der Waals surface area contributed by atoms with E-state index in [-0.39, 0.29) is 0 Å². The number of rotatable bonds is 10. The largest absolute Gasteiger partial charge is 0.314 e. The van der Waals surface area contributed by atoms with Gasteiger partial charge in [-0.25, -0.2) is 0 Å². The first-order chi connectivity index (χ1) is 9.75. The summed E-state index contributed by atoms with van der Waals surface area (Å²) < 4.78 is 1.22. The molecule has 0 aliphatic heterocycles. The van der Waals surface area contributed by atoms with Gasteiger partial charge in [0.15, 0.2) is 0 Å². The van der Waals surface area contributed by atoms with Gasteiger partial charge in [0.25, 0.3) is 0 Å². The van der Waals surface area contributed by atoms with Crippen molar-refractivity contribution >= 4 is 15.9 Å². The van der Waals surface area contributed by atoms with E-state index in [4.69, 9.17) is 0 Å². The summed E-state index contributed by atoms with van der Waals surface area (Å²) in [6.07, 6.45) is 8.17. The van der Waals surface area contributed by atoms with Crippen molar-refractivity contribution in [3.63, 3.8) is 0 Å². The van der Waals surface area contributed by atoms with Crippen molar-refractivity contribution in [1.82, 2.24) is 10.2 Å². The summed E-state index contributed by atoms with van der Waals surface area (Å²) in [7, 11) is 2.22. The van der Waals surface area contributed by atoms with Gasteiger partial charge in [0.05, 0.1) is 0 Å². The Hall–Kier alpha value is -0.380. The van der Waals surface area contributed by atoms with E-state index in [0.29, 0.717) is 0 Å². The topological polar surface area (TPSA) is 15.3 Å². The minimum absolute atomic E-state index is 0.866. The molecule has 1 saturated carbocycles. The standard InChI is InChI=1S/C17H27BrN2/c1-20(14-15-8-4-5-9-17(15)18)13-7-3-2-6-12-19-16-10-11-16/h4-5,8-9,16,19H,2-3,6-7,10-14H2,1H3. The first-order valence-electron chi connectivity index (χ1n) is 7.91. The predicted molar refractivity (Wildman–Crippen MR) is 90.0 cm³/mol. The SMILES string of the molecule is CN(CCCCCCNC1CC1)Cc1ccccc1Br. The zero-order chi connectivity index (χ0) is 14.2. The molecule has 1 aliphatic carbocycles. The number of hydrogen-bond acceptors (Lipinski definition) is 2. The van der Waals surface area contributed by atoms with Gasteiger partial charge in [-0.15, -0.1) is 0 Å². The molecular formula is C17H27BrN2. The fraction of sp³-hybridized carbons (Fsp3) is 0.647. The first kappa shape index (κ1) is 16.0. The third-order valence-corrected chi connectivity index (χ3v) is 4.65. The van der Waals surface area contributed by atoms with Crippen LogP contribution in [-0.2, 0) is 6.54 Å². The van der Waals surface area contributed by atoms with Crippen molar-refractivity contribution in [3.05, 3.63) is 34.3 Å². The zero-order valence-corrected chi connectivity index (χ0v) is 14.2. The number of nitrogens with one attached hydrogen (secondary N) is 1. The summed E-state index contributed by atoms with van der Waals surface area (Å²) in [6.45, 7) is 3.44. The highest BCUT2D eigenvalue weighted by atomic mass is 79.9. The zero-order valence-electron chi connectivity index (χ0n) is 12.6. The van der Waals surface area contributed by atoms with Crippen LogP contribution >= 0.6 is 15.9 Å². The summed E-state index contributed by atoms with van der Waals surface area (Å²) in [6, 6.07) is 9.37. The molecule has 0 bridgehead atoms. The smallest absolute Gasteiger partial charge is 0.0241 e. The highest BCUT2D eigenvalue weighted by Crippen LogP contribution is 2.19. The van der Waals surface area contributed by atoms with Gasteiger partial charge >= 0.3 is 0 Å². The van der Waals surface area contributed by atoms with Gasteiger partial charge in [0.2, 0.25) is 0 Å². The number of halogens is 1. The van der Waals surface area contributed by atoms with Crippen LogP contribution < -0.4 is 5.32 Å². The van der Waals surface area contributed by atoms with Crippen molar-refractivity contribution in [2.24, 2.45) is 0 Å². The van der Waals surface area contributed by atoms with Crippen LogP contribution in [0.4, 0.5) is 0 Å². The van der Waals surface area contributed by atoms with E-state index in [9.17, 15) is 0 Å². The van der Waals surface area contributed by atoms with Gasteiger partial charge in [-0.05, 0) is 57.5 Å². The van der Waals surface area contributed by atoms with E-state index in [0.717, 1.165) is 12.6 Å². The second kappa shape index (κ2) is 8.81. The second-order valence-corrected chi connectivity index (χ2v) is 6.83. The summed E-state index contributed by atoms with van der Waals surface area (Å²) in [5, 5.41) is 3.58. The Labute approximate surface area is 132 Å². The van der Waals surface area contributed by atoms with Crippen LogP contribution in [-0.4, -0.2) is 31.1 Å². The van der Waals surface area contributed by atoms with Crippen molar-refractivity contribution in [1.29, 1.82) is 0 Å². The van der Waals surface area contributed by atoms with Crippen LogP contribution in [0.25, 0.3) is 0 Å². The molecule has 20 heavy (non-hydrogen) atoms. The molecule has 1 aliphatic rings. The Bertz CT molecular complexity index is 390. The molecule has 0 unspecified atom stereocenters. The van der Waals surface area contributed by atoms with Crippen LogP contribution in [0.1, 0.15) is 44.1 Å². The Morgan fingerprint density at radius 2 is 1.90 bits per heavy atom. The molecule has 1 aromatic carbocycles. The third-order valence-electron chi connectivity index (χ3n) is 3.88. The van der Waals surface area contributed by atoms with Crippen molar-refractivity contribution in [2.75, 3.05) is 20.1 Å². The Kier molecular flexibility index (Phi) is 7.05. The fourth-order valence-corrected chi connectivity index (χ4v) is 2.86. The van der Waals surface area contributed by atoms with E-state index in [1.165, 1.54) is 61.7 Å². The number of benzene rings is 1. The molecule has 1 N–H and O–H groups in total. The summed E-state index contributed by atoms with van der Waals surface area (Å²) in [5.41, 5.74) is 1.38. The van der Waals surface area contributed by atoms with E-state index in [2.05, 4.69) is 57.5 Å². The van der Waals surface area contributed by atoms with Gasteiger partial charge in [-0.2, -0.15) is 0 Å². The highest BCUT2D eigenvalue weighted by Gasteiger charge is 2.19. The van der Waals surface area contributed by atoms with Crippen LogP contribution in [0.3, 0.4) is 0 Å². The van der Waals surface area contributed by atoms with E-state index >= 15 is 0 Å². The van der Waals surface area contributed by atoms with Crippen molar-refractivity contribution in [3.8, 4) is 0 Å². The molecule has 1 aromatic rings. The summed E-state index contributed by atoms with van der Waals surface area (Å²) >= 11 is 3.62. The second-order valence-electron chi connectivity index (χ2n) is 5.97. The lowest BCUT2D eigenvalue weighted by Crippen LogP contribution is -2.19. The quantitative estimate of drug-likeness (QED) is 0.643. The summed E-state index contributed by atoms with van der Waals surface area (Å²) in [5.74, 6) is 0. The van der Waals surface area contributed by atoms with E-state index in [1.807, 2.05) is 0 Å². The highest BCUT2D eigenvalue weighted by molar-refractivity contribution is 9.10. The monoisotopic (exact) mass is 338 g/mol. The lowest BCUT2D eigenvalue weighted by molar-refractivity contribution is 0.316. The molecule has 1 fully saturated rings. The molecule has 0 amide bonds. The van der Waals surface area contributed by atoms with Crippen molar-refractivity contribution < 1.29 is 0 Å². The van der Waals surface area contributed by atoms with E-state index in [1.54, 1.807) is 0 Å². The molecule has 0 spiro atoms. The van der Waals surface area contributed by atoms with Crippen molar-refractivity contribution in [2.45, 2.75) is 51.1 Å².